The fourth-order valence-corrected chi connectivity index (χ4v) is 4.31. The summed E-state index contributed by atoms with van der Waals surface area (Å²) in [4.78, 5) is 2.30. The Kier molecular flexibility index (Phi) is 5.42. The van der Waals surface area contributed by atoms with Gasteiger partial charge in [0.2, 0.25) is 0 Å². The Labute approximate surface area is 165 Å². The lowest BCUT2D eigenvalue weighted by atomic mass is 9.98. The minimum atomic E-state index is -0.248. The molecule has 4 atom stereocenters. The van der Waals surface area contributed by atoms with E-state index < -0.39 is 0 Å². The molecular formula is C24H24FNO2. The molecule has 1 saturated heterocycles. The molecule has 0 radical (unpaired) electrons. The van der Waals surface area contributed by atoms with Crippen molar-refractivity contribution in [3.05, 3.63) is 102 Å². The normalized spacial score (nSPS) is 24.5. The van der Waals surface area contributed by atoms with Crippen molar-refractivity contribution in [3.8, 4) is 0 Å². The van der Waals surface area contributed by atoms with Gasteiger partial charge in [0.05, 0.1) is 12.1 Å². The van der Waals surface area contributed by atoms with Crippen LogP contribution in [0.3, 0.4) is 0 Å². The molecule has 4 heteroatoms. The quantitative estimate of drug-likeness (QED) is 0.613. The van der Waals surface area contributed by atoms with Crippen LogP contribution in [-0.4, -0.2) is 26.4 Å². The second-order valence-corrected chi connectivity index (χ2v) is 7.00. The van der Waals surface area contributed by atoms with Crippen LogP contribution in [0.4, 0.5) is 10.1 Å². The molecule has 0 amide bonds. The maximum atomic E-state index is 13.6. The van der Waals surface area contributed by atoms with Crippen LogP contribution in [0.15, 0.2) is 84.9 Å². The van der Waals surface area contributed by atoms with E-state index in [2.05, 4.69) is 29.2 Å². The number of halogens is 1. The van der Waals surface area contributed by atoms with E-state index in [9.17, 15) is 4.39 Å². The molecule has 28 heavy (non-hydrogen) atoms. The number of benzene rings is 3. The van der Waals surface area contributed by atoms with Gasteiger partial charge in [0.1, 0.15) is 18.0 Å². The van der Waals surface area contributed by atoms with Crippen LogP contribution in [0, 0.1) is 5.82 Å². The van der Waals surface area contributed by atoms with Crippen molar-refractivity contribution in [2.24, 2.45) is 0 Å². The average molecular weight is 377 g/mol. The van der Waals surface area contributed by atoms with E-state index in [1.165, 1.54) is 12.1 Å². The van der Waals surface area contributed by atoms with Gasteiger partial charge in [-0.15, -0.1) is 0 Å². The molecule has 3 aromatic carbocycles. The summed E-state index contributed by atoms with van der Waals surface area (Å²) in [5.74, 6) is -0.248. The Morgan fingerprint density at radius 2 is 1.07 bits per heavy atom. The summed E-state index contributed by atoms with van der Waals surface area (Å²) >= 11 is 0. The maximum Gasteiger partial charge on any atom is 0.123 e. The van der Waals surface area contributed by atoms with Gasteiger partial charge in [-0.25, -0.2) is 4.39 Å². The van der Waals surface area contributed by atoms with E-state index in [0.29, 0.717) is 0 Å². The Morgan fingerprint density at radius 3 is 1.46 bits per heavy atom. The number of methoxy groups -OCH3 is 2. The Balaban J connectivity index is 1.90. The number of anilines is 1. The average Bonchev–Trinajstić information content (AvgIpc) is 3.09. The van der Waals surface area contributed by atoms with Gasteiger partial charge < -0.3 is 14.4 Å². The highest BCUT2D eigenvalue weighted by molar-refractivity contribution is 5.55. The van der Waals surface area contributed by atoms with Crippen LogP contribution < -0.4 is 4.90 Å². The Morgan fingerprint density at radius 1 is 0.643 bits per heavy atom. The lowest BCUT2D eigenvalue weighted by Gasteiger charge is -2.34. The third-order valence-corrected chi connectivity index (χ3v) is 5.50. The highest BCUT2D eigenvalue weighted by atomic mass is 19.1. The van der Waals surface area contributed by atoms with Crippen LogP contribution in [0.5, 0.6) is 0 Å². The van der Waals surface area contributed by atoms with E-state index >= 15 is 0 Å². The maximum absolute atomic E-state index is 13.6. The zero-order chi connectivity index (χ0) is 19.5. The summed E-state index contributed by atoms with van der Waals surface area (Å²) in [6, 6.07) is 27.1. The van der Waals surface area contributed by atoms with Crippen molar-refractivity contribution in [3.63, 3.8) is 0 Å². The summed E-state index contributed by atoms with van der Waals surface area (Å²) in [7, 11) is 3.45. The smallest absolute Gasteiger partial charge is 0.123 e. The third-order valence-electron chi connectivity index (χ3n) is 5.50. The molecule has 1 aliphatic heterocycles. The zero-order valence-electron chi connectivity index (χ0n) is 16.0. The lowest BCUT2D eigenvalue weighted by Crippen LogP contribution is -2.31. The highest BCUT2D eigenvalue weighted by Gasteiger charge is 2.51. The molecule has 0 unspecified atom stereocenters. The van der Waals surface area contributed by atoms with Crippen molar-refractivity contribution in [2.45, 2.75) is 24.3 Å². The van der Waals surface area contributed by atoms with Gasteiger partial charge in [-0.05, 0) is 35.4 Å². The van der Waals surface area contributed by atoms with E-state index in [0.717, 1.165) is 16.8 Å². The first-order chi connectivity index (χ1) is 13.7. The fraction of sp³-hybridized carbons (Fsp3) is 0.250. The summed E-state index contributed by atoms with van der Waals surface area (Å²) in [6.07, 6.45) is -0.356. The third kappa shape index (κ3) is 3.30. The topological polar surface area (TPSA) is 21.7 Å². The molecule has 1 fully saturated rings. The molecule has 0 aliphatic carbocycles. The van der Waals surface area contributed by atoms with Gasteiger partial charge in [-0.1, -0.05) is 60.7 Å². The van der Waals surface area contributed by atoms with E-state index in [1.807, 2.05) is 48.5 Å². The first-order valence-corrected chi connectivity index (χ1v) is 9.44. The summed E-state index contributed by atoms with van der Waals surface area (Å²) in [5.41, 5.74) is 3.21. The molecule has 3 nitrogen and oxygen atoms in total. The number of hydrogen-bond donors (Lipinski definition) is 0. The van der Waals surface area contributed by atoms with Crippen LogP contribution in [-0.2, 0) is 9.47 Å². The molecule has 4 rings (SSSR count). The Hall–Kier alpha value is -2.69. The predicted octanol–water partition coefficient (Wildman–Crippen LogP) is 5.16. The summed E-state index contributed by atoms with van der Waals surface area (Å²) in [5, 5.41) is 0. The summed E-state index contributed by atoms with van der Waals surface area (Å²) in [6.45, 7) is 0. The Bertz CT molecular complexity index is 832. The standard InChI is InChI=1S/C24H24FNO2/c1-27-23-21(17-9-5-3-6-10-17)26(20-15-13-19(25)14-16-20)22(24(23)28-2)18-11-7-4-8-12-18/h3-16,21-24H,1-2H3/t21-,22-,23+,24+/m0/s1. The van der Waals surface area contributed by atoms with Crippen molar-refractivity contribution in [2.75, 3.05) is 19.1 Å². The minimum absolute atomic E-state index is 0.0631. The summed E-state index contributed by atoms with van der Waals surface area (Å²) < 4.78 is 25.6. The van der Waals surface area contributed by atoms with Crippen LogP contribution in [0.1, 0.15) is 23.2 Å². The number of hydrogen-bond acceptors (Lipinski definition) is 3. The predicted molar refractivity (Wildman–Crippen MR) is 109 cm³/mol. The molecule has 1 aliphatic rings. The van der Waals surface area contributed by atoms with Crippen molar-refractivity contribution in [1.82, 2.24) is 0 Å². The molecule has 0 bridgehead atoms. The van der Waals surface area contributed by atoms with Crippen molar-refractivity contribution in [1.29, 1.82) is 0 Å². The second-order valence-electron chi connectivity index (χ2n) is 7.00. The van der Waals surface area contributed by atoms with Crippen LogP contribution >= 0.6 is 0 Å². The molecule has 0 spiro atoms. The molecule has 0 aromatic heterocycles. The van der Waals surface area contributed by atoms with Crippen molar-refractivity contribution < 1.29 is 13.9 Å². The second kappa shape index (κ2) is 8.13. The largest absolute Gasteiger partial charge is 0.376 e. The van der Waals surface area contributed by atoms with Crippen LogP contribution in [0.25, 0.3) is 0 Å². The minimum Gasteiger partial charge on any atom is -0.376 e. The highest BCUT2D eigenvalue weighted by Crippen LogP contribution is 2.49. The van der Waals surface area contributed by atoms with Gasteiger partial charge in [0.15, 0.2) is 0 Å². The number of rotatable bonds is 5. The van der Waals surface area contributed by atoms with E-state index in [4.69, 9.17) is 9.47 Å². The van der Waals surface area contributed by atoms with E-state index in [-0.39, 0.29) is 30.1 Å². The molecule has 0 saturated carbocycles. The number of nitrogens with zero attached hydrogens (tertiary/aromatic N) is 1. The molecule has 1 heterocycles. The molecule has 3 aromatic rings. The lowest BCUT2D eigenvalue weighted by molar-refractivity contribution is -0.0288. The van der Waals surface area contributed by atoms with Gasteiger partial charge in [0.25, 0.3) is 0 Å². The number of ether oxygens (including phenoxy) is 2. The first kappa shape index (κ1) is 18.7. The van der Waals surface area contributed by atoms with E-state index in [1.54, 1.807) is 14.2 Å². The van der Waals surface area contributed by atoms with Crippen LogP contribution in [0.2, 0.25) is 0 Å². The molecular weight excluding hydrogens is 353 g/mol. The van der Waals surface area contributed by atoms with Gasteiger partial charge in [0, 0.05) is 19.9 Å². The van der Waals surface area contributed by atoms with Gasteiger partial charge in [-0.2, -0.15) is 0 Å². The zero-order valence-corrected chi connectivity index (χ0v) is 16.0. The fourth-order valence-electron chi connectivity index (χ4n) is 4.31. The molecule has 0 N–H and O–H groups in total. The monoisotopic (exact) mass is 377 g/mol. The SMILES string of the molecule is CO[C@H]1[C@H](OC)[C@H](c2ccccc2)N(c2ccc(F)cc2)[C@H]1c1ccccc1. The first-order valence-electron chi connectivity index (χ1n) is 9.44. The van der Waals surface area contributed by atoms with Gasteiger partial charge >= 0.3 is 0 Å². The van der Waals surface area contributed by atoms with Crippen molar-refractivity contribution >= 4 is 5.69 Å². The molecule has 144 valence electrons. The van der Waals surface area contributed by atoms with Gasteiger partial charge in [-0.3, -0.25) is 0 Å².